The molecule has 0 saturated heterocycles. The van der Waals surface area contributed by atoms with Crippen LogP contribution >= 0.6 is 22.6 Å². The van der Waals surface area contributed by atoms with Gasteiger partial charge in [0.05, 0.1) is 0 Å². The molecule has 1 aliphatic carbocycles. The molecule has 3 nitrogen and oxygen atoms in total. The fourth-order valence-corrected chi connectivity index (χ4v) is 3.39. The molecule has 1 N–H and O–H groups in total. The van der Waals surface area contributed by atoms with Gasteiger partial charge in [-0.3, -0.25) is 0 Å². The third-order valence-electron chi connectivity index (χ3n) is 3.70. The zero-order valence-corrected chi connectivity index (χ0v) is 12.2. The lowest BCUT2D eigenvalue weighted by molar-refractivity contribution is 0.0679. The third kappa shape index (κ3) is 3.03. The Morgan fingerprint density at radius 3 is 2.71 bits per heavy atom. The van der Waals surface area contributed by atoms with Gasteiger partial charge >= 0.3 is 5.97 Å². The van der Waals surface area contributed by atoms with Gasteiger partial charge in [0, 0.05) is 16.3 Å². The lowest BCUT2D eigenvalue weighted by Gasteiger charge is -2.34. The number of halogens is 1. The van der Waals surface area contributed by atoms with Crippen LogP contribution < -0.4 is 0 Å². The standard InChI is InChI=1S/C13H18INO2/c1-13(5-3-2-4-6-13)9-15-8-10(14)7-11(15)12(16)17/h7-8H,2-6,9H2,1H3,(H,16,17). The van der Waals surface area contributed by atoms with E-state index in [0.29, 0.717) is 5.69 Å². The molecule has 0 bridgehead atoms. The smallest absolute Gasteiger partial charge is 0.352 e. The number of carboxylic acid groups (broad SMARTS) is 1. The number of carboxylic acids is 1. The minimum absolute atomic E-state index is 0.268. The predicted octanol–water partition coefficient (Wildman–Crippen LogP) is 3.76. The zero-order chi connectivity index (χ0) is 12.5. The summed E-state index contributed by atoms with van der Waals surface area (Å²) in [6.07, 6.45) is 8.24. The first-order valence-electron chi connectivity index (χ1n) is 6.09. The van der Waals surface area contributed by atoms with Crippen molar-refractivity contribution in [3.05, 3.63) is 21.5 Å². The van der Waals surface area contributed by atoms with Crippen LogP contribution in [0.4, 0.5) is 0 Å². The average molecular weight is 347 g/mol. The van der Waals surface area contributed by atoms with Crippen molar-refractivity contribution in [2.75, 3.05) is 0 Å². The van der Waals surface area contributed by atoms with Crippen LogP contribution in [0, 0.1) is 8.99 Å². The largest absolute Gasteiger partial charge is 0.477 e. The maximum atomic E-state index is 11.2. The van der Waals surface area contributed by atoms with E-state index < -0.39 is 5.97 Å². The summed E-state index contributed by atoms with van der Waals surface area (Å²) in [4.78, 5) is 11.2. The third-order valence-corrected chi connectivity index (χ3v) is 4.28. The summed E-state index contributed by atoms with van der Waals surface area (Å²) >= 11 is 2.17. The molecule has 0 amide bonds. The molecule has 1 saturated carbocycles. The van der Waals surface area contributed by atoms with Gasteiger partial charge in [-0.2, -0.15) is 0 Å². The lowest BCUT2D eigenvalue weighted by atomic mass is 9.75. The molecule has 94 valence electrons. The summed E-state index contributed by atoms with van der Waals surface area (Å²) < 4.78 is 2.91. The van der Waals surface area contributed by atoms with Crippen LogP contribution in [-0.2, 0) is 6.54 Å². The molecule has 0 atom stereocenters. The second-order valence-electron chi connectivity index (χ2n) is 5.35. The topological polar surface area (TPSA) is 42.2 Å². The van der Waals surface area contributed by atoms with E-state index in [-0.39, 0.29) is 5.41 Å². The maximum Gasteiger partial charge on any atom is 0.352 e. The first-order valence-corrected chi connectivity index (χ1v) is 7.17. The Morgan fingerprint density at radius 1 is 1.47 bits per heavy atom. The molecule has 2 rings (SSSR count). The van der Waals surface area contributed by atoms with Crippen molar-refractivity contribution >= 4 is 28.6 Å². The SMILES string of the molecule is CC1(Cn2cc(I)cc2C(=O)O)CCCCC1. The Labute approximate surface area is 115 Å². The summed E-state index contributed by atoms with van der Waals surface area (Å²) in [5.41, 5.74) is 0.686. The van der Waals surface area contributed by atoms with E-state index in [1.54, 1.807) is 6.07 Å². The van der Waals surface area contributed by atoms with E-state index in [2.05, 4.69) is 29.5 Å². The van der Waals surface area contributed by atoms with Crippen molar-refractivity contribution in [1.29, 1.82) is 0 Å². The van der Waals surface area contributed by atoms with Gasteiger partial charge in [-0.05, 0) is 46.9 Å². The zero-order valence-electron chi connectivity index (χ0n) is 10.1. The Bertz CT molecular complexity index is 419. The first-order chi connectivity index (χ1) is 8.00. The molecular formula is C13H18INO2. The van der Waals surface area contributed by atoms with Crippen molar-refractivity contribution < 1.29 is 9.90 Å². The minimum Gasteiger partial charge on any atom is -0.477 e. The molecule has 1 fully saturated rings. The molecule has 17 heavy (non-hydrogen) atoms. The van der Waals surface area contributed by atoms with Gasteiger partial charge in [0.15, 0.2) is 0 Å². The Morgan fingerprint density at radius 2 is 2.12 bits per heavy atom. The van der Waals surface area contributed by atoms with Gasteiger partial charge in [-0.15, -0.1) is 0 Å². The minimum atomic E-state index is -0.827. The molecule has 4 heteroatoms. The van der Waals surface area contributed by atoms with Gasteiger partial charge in [0.25, 0.3) is 0 Å². The lowest BCUT2D eigenvalue weighted by Crippen LogP contribution is -2.27. The number of nitrogens with zero attached hydrogens (tertiary/aromatic N) is 1. The Kier molecular flexibility index (Phi) is 3.80. The molecule has 0 aromatic carbocycles. The molecule has 0 unspecified atom stereocenters. The number of aromatic nitrogens is 1. The van der Waals surface area contributed by atoms with Crippen molar-refractivity contribution in [3.8, 4) is 0 Å². The number of rotatable bonds is 3. The predicted molar refractivity (Wildman–Crippen MR) is 75.3 cm³/mol. The summed E-state index contributed by atoms with van der Waals surface area (Å²) in [7, 11) is 0. The summed E-state index contributed by atoms with van der Waals surface area (Å²) in [5, 5.41) is 9.17. The van der Waals surface area contributed by atoms with Crippen LogP contribution in [0.2, 0.25) is 0 Å². The number of carbonyl (C=O) groups is 1. The molecule has 1 aliphatic rings. The fourth-order valence-electron chi connectivity index (χ4n) is 2.76. The first kappa shape index (κ1) is 12.9. The molecule has 0 radical (unpaired) electrons. The second-order valence-corrected chi connectivity index (χ2v) is 6.59. The van der Waals surface area contributed by atoms with Gasteiger partial charge in [0.1, 0.15) is 5.69 Å². The molecule has 1 heterocycles. The van der Waals surface area contributed by atoms with Crippen molar-refractivity contribution in [2.45, 2.75) is 45.6 Å². The quantitative estimate of drug-likeness (QED) is 0.846. The normalized spacial score (nSPS) is 19.2. The van der Waals surface area contributed by atoms with Crippen LogP contribution in [-0.4, -0.2) is 15.6 Å². The summed E-state index contributed by atoms with van der Waals surface area (Å²) in [6, 6.07) is 1.75. The molecule has 1 aromatic heterocycles. The van der Waals surface area contributed by atoms with Gasteiger partial charge in [-0.1, -0.05) is 26.2 Å². The highest BCUT2D eigenvalue weighted by Gasteiger charge is 2.28. The van der Waals surface area contributed by atoms with Crippen molar-refractivity contribution in [3.63, 3.8) is 0 Å². The maximum absolute atomic E-state index is 11.2. The van der Waals surface area contributed by atoms with E-state index in [9.17, 15) is 4.79 Å². The van der Waals surface area contributed by atoms with Crippen LogP contribution in [0.15, 0.2) is 12.3 Å². The molecule has 1 aromatic rings. The van der Waals surface area contributed by atoms with Crippen LogP contribution in [0.1, 0.15) is 49.5 Å². The van der Waals surface area contributed by atoms with Gasteiger partial charge < -0.3 is 9.67 Å². The van der Waals surface area contributed by atoms with E-state index >= 15 is 0 Å². The van der Waals surface area contributed by atoms with E-state index in [1.807, 2.05) is 10.8 Å². The number of hydrogen-bond acceptors (Lipinski definition) is 1. The monoisotopic (exact) mass is 347 g/mol. The van der Waals surface area contributed by atoms with Crippen molar-refractivity contribution in [1.82, 2.24) is 4.57 Å². The number of aromatic carboxylic acids is 1. The van der Waals surface area contributed by atoms with E-state index in [0.717, 1.165) is 10.1 Å². The molecule has 0 spiro atoms. The summed E-state index contributed by atoms with van der Waals surface area (Å²) in [5.74, 6) is -0.827. The van der Waals surface area contributed by atoms with Gasteiger partial charge in [-0.25, -0.2) is 4.79 Å². The molecule has 0 aliphatic heterocycles. The highest BCUT2D eigenvalue weighted by Crippen LogP contribution is 2.37. The fraction of sp³-hybridized carbons (Fsp3) is 0.615. The Hall–Kier alpha value is -0.520. The van der Waals surface area contributed by atoms with E-state index in [1.165, 1.54) is 32.1 Å². The average Bonchev–Trinajstić information content (AvgIpc) is 2.59. The Balaban J connectivity index is 2.19. The highest BCUT2D eigenvalue weighted by atomic mass is 127. The van der Waals surface area contributed by atoms with Crippen LogP contribution in [0.5, 0.6) is 0 Å². The number of hydrogen-bond donors (Lipinski definition) is 1. The van der Waals surface area contributed by atoms with Crippen LogP contribution in [0.25, 0.3) is 0 Å². The highest BCUT2D eigenvalue weighted by molar-refractivity contribution is 14.1. The van der Waals surface area contributed by atoms with E-state index in [4.69, 9.17) is 5.11 Å². The van der Waals surface area contributed by atoms with Gasteiger partial charge in [0.2, 0.25) is 0 Å². The van der Waals surface area contributed by atoms with Crippen LogP contribution in [0.3, 0.4) is 0 Å². The van der Waals surface area contributed by atoms with Crippen molar-refractivity contribution in [2.24, 2.45) is 5.41 Å². The summed E-state index contributed by atoms with van der Waals surface area (Å²) in [6.45, 7) is 3.11. The second kappa shape index (κ2) is 5.00. The molecular weight excluding hydrogens is 329 g/mol.